The fourth-order valence-corrected chi connectivity index (χ4v) is 4.66. The number of aliphatic hydroxyl groups is 1. The zero-order chi connectivity index (χ0) is 24.9. The largest absolute Gasteiger partial charge is 0.507 e. The van der Waals surface area contributed by atoms with Crippen LogP contribution < -0.4 is 4.74 Å². The van der Waals surface area contributed by atoms with E-state index in [1.165, 1.54) is 17.0 Å². The van der Waals surface area contributed by atoms with Crippen molar-refractivity contribution in [2.75, 3.05) is 46.0 Å². The van der Waals surface area contributed by atoms with Crippen molar-refractivity contribution in [3.05, 3.63) is 70.5 Å². The third kappa shape index (κ3) is 5.39. The van der Waals surface area contributed by atoms with Crippen molar-refractivity contribution in [1.82, 2.24) is 9.80 Å². The van der Waals surface area contributed by atoms with Crippen molar-refractivity contribution in [3.63, 3.8) is 0 Å². The molecule has 2 aromatic rings. The number of morpholine rings is 1. The first-order valence-electron chi connectivity index (χ1n) is 12.0. The van der Waals surface area contributed by atoms with Crippen LogP contribution in [0.5, 0.6) is 5.75 Å². The average Bonchev–Trinajstić information content (AvgIpc) is 3.11. The molecule has 0 saturated carbocycles. The molecule has 35 heavy (non-hydrogen) atoms. The summed E-state index contributed by atoms with van der Waals surface area (Å²) < 4.78 is 24.6. The molecule has 1 amide bonds. The Morgan fingerprint density at radius 1 is 1.11 bits per heavy atom. The van der Waals surface area contributed by atoms with Gasteiger partial charge in [-0.3, -0.25) is 14.5 Å². The van der Waals surface area contributed by atoms with Crippen LogP contribution in [0, 0.1) is 12.7 Å². The van der Waals surface area contributed by atoms with Gasteiger partial charge >= 0.3 is 0 Å². The molecule has 4 rings (SSSR count). The van der Waals surface area contributed by atoms with Gasteiger partial charge in [-0.1, -0.05) is 12.1 Å². The minimum Gasteiger partial charge on any atom is -0.507 e. The number of carbonyl (C=O) groups excluding carboxylic acids is 2. The summed E-state index contributed by atoms with van der Waals surface area (Å²) >= 11 is 0. The van der Waals surface area contributed by atoms with Crippen LogP contribution in [0.15, 0.2) is 48.0 Å². The highest BCUT2D eigenvalue weighted by Gasteiger charge is 2.45. The number of hydrogen-bond acceptors (Lipinski definition) is 6. The number of nitrogens with zero attached hydrogens (tertiary/aromatic N) is 2. The highest BCUT2D eigenvalue weighted by Crippen LogP contribution is 2.40. The summed E-state index contributed by atoms with van der Waals surface area (Å²) in [7, 11) is 0. The van der Waals surface area contributed by atoms with Gasteiger partial charge in [0.05, 0.1) is 31.4 Å². The van der Waals surface area contributed by atoms with E-state index in [9.17, 15) is 19.1 Å². The van der Waals surface area contributed by atoms with E-state index >= 15 is 0 Å². The molecule has 1 unspecified atom stereocenters. The number of aliphatic hydroxyl groups excluding tert-OH is 1. The Kier molecular flexibility index (Phi) is 7.83. The fourth-order valence-electron chi connectivity index (χ4n) is 4.66. The van der Waals surface area contributed by atoms with Crippen LogP contribution in [0.1, 0.15) is 36.1 Å². The smallest absolute Gasteiger partial charge is 0.295 e. The lowest BCUT2D eigenvalue weighted by Gasteiger charge is -2.29. The summed E-state index contributed by atoms with van der Waals surface area (Å²) in [6, 6.07) is 10.0. The number of aryl methyl sites for hydroxylation is 1. The quantitative estimate of drug-likeness (QED) is 0.351. The topological polar surface area (TPSA) is 79.3 Å². The van der Waals surface area contributed by atoms with E-state index in [0.717, 1.165) is 25.2 Å². The lowest BCUT2D eigenvalue weighted by molar-refractivity contribution is -0.140. The monoisotopic (exact) mass is 482 g/mol. The molecule has 2 aromatic carbocycles. The number of ether oxygens (including phenoxy) is 2. The van der Waals surface area contributed by atoms with Gasteiger partial charge in [0.15, 0.2) is 0 Å². The Morgan fingerprint density at radius 3 is 2.49 bits per heavy atom. The summed E-state index contributed by atoms with van der Waals surface area (Å²) in [4.78, 5) is 30.0. The van der Waals surface area contributed by atoms with Crippen molar-refractivity contribution >= 4 is 17.4 Å². The number of carbonyl (C=O) groups is 2. The van der Waals surface area contributed by atoms with Crippen molar-refractivity contribution < 1.29 is 28.6 Å². The summed E-state index contributed by atoms with van der Waals surface area (Å²) in [5.41, 5.74) is 1.80. The normalized spacial score (nSPS) is 20.4. The van der Waals surface area contributed by atoms with E-state index in [4.69, 9.17) is 9.47 Å². The molecule has 186 valence electrons. The molecule has 1 atom stereocenters. The minimum atomic E-state index is -0.799. The number of halogens is 1. The molecule has 0 bridgehead atoms. The Hall–Kier alpha value is -3.23. The van der Waals surface area contributed by atoms with E-state index in [1.807, 2.05) is 13.8 Å². The molecule has 0 radical (unpaired) electrons. The van der Waals surface area contributed by atoms with Crippen LogP contribution in [0.3, 0.4) is 0 Å². The molecular formula is C27H31FN2O5. The first-order valence-corrected chi connectivity index (χ1v) is 12.0. The van der Waals surface area contributed by atoms with Gasteiger partial charge in [-0.15, -0.1) is 0 Å². The molecule has 2 saturated heterocycles. The summed E-state index contributed by atoms with van der Waals surface area (Å²) in [6.45, 7) is 8.37. The maximum absolute atomic E-state index is 13.7. The van der Waals surface area contributed by atoms with Crippen LogP contribution in [0.2, 0.25) is 0 Å². The number of amides is 1. The number of rotatable bonds is 8. The maximum Gasteiger partial charge on any atom is 0.295 e. The molecule has 0 aliphatic carbocycles. The molecule has 2 aliphatic rings. The van der Waals surface area contributed by atoms with Gasteiger partial charge < -0.3 is 19.5 Å². The Balaban J connectivity index is 1.67. The second-order valence-corrected chi connectivity index (χ2v) is 8.76. The van der Waals surface area contributed by atoms with Crippen LogP contribution in [-0.4, -0.2) is 72.6 Å². The van der Waals surface area contributed by atoms with Gasteiger partial charge in [0.2, 0.25) is 0 Å². The number of ketones is 1. The van der Waals surface area contributed by atoms with Gasteiger partial charge in [-0.2, -0.15) is 0 Å². The Bertz CT molecular complexity index is 1110. The lowest BCUT2D eigenvalue weighted by Crippen LogP contribution is -2.38. The van der Waals surface area contributed by atoms with E-state index in [2.05, 4.69) is 4.90 Å². The molecule has 2 fully saturated rings. The molecular weight excluding hydrogens is 451 g/mol. The predicted octanol–water partition coefficient (Wildman–Crippen LogP) is 3.68. The fraction of sp³-hybridized carbons (Fsp3) is 0.407. The molecule has 1 N–H and O–H groups in total. The summed E-state index contributed by atoms with van der Waals surface area (Å²) in [5, 5.41) is 11.2. The maximum atomic E-state index is 13.7. The first kappa shape index (κ1) is 24.9. The third-order valence-corrected chi connectivity index (χ3v) is 6.45. The lowest BCUT2D eigenvalue weighted by atomic mass is 9.94. The van der Waals surface area contributed by atoms with E-state index in [0.29, 0.717) is 49.7 Å². The van der Waals surface area contributed by atoms with Crippen molar-refractivity contribution in [1.29, 1.82) is 0 Å². The summed E-state index contributed by atoms with van der Waals surface area (Å²) in [5.74, 6) is -1.39. The standard InChI is InChI=1S/C27H31FN2O5/c1-3-35-22-10-7-20(17-18(22)2)25(31)23-24(19-5-8-21(28)9-6-19)30(27(33)26(23)32)12-4-11-29-13-15-34-16-14-29/h5-10,17,24,31H,3-4,11-16H2,1-2H3. The predicted molar refractivity (Wildman–Crippen MR) is 130 cm³/mol. The molecule has 0 spiro atoms. The molecule has 2 aliphatic heterocycles. The van der Waals surface area contributed by atoms with Crippen LogP contribution in [0.4, 0.5) is 4.39 Å². The van der Waals surface area contributed by atoms with Crippen LogP contribution in [0.25, 0.3) is 5.76 Å². The highest BCUT2D eigenvalue weighted by atomic mass is 19.1. The number of Topliss-reactive ketones (excluding diaryl/α,β-unsaturated/α-hetero) is 1. The van der Waals surface area contributed by atoms with E-state index < -0.39 is 23.5 Å². The van der Waals surface area contributed by atoms with Crippen molar-refractivity contribution in [3.8, 4) is 5.75 Å². The average molecular weight is 483 g/mol. The highest BCUT2D eigenvalue weighted by molar-refractivity contribution is 6.46. The second-order valence-electron chi connectivity index (χ2n) is 8.76. The van der Waals surface area contributed by atoms with Gasteiger partial charge in [0, 0.05) is 31.7 Å². The zero-order valence-electron chi connectivity index (χ0n) is 20.1. The molecule has 2 heterocycles. The second kappa shape index (κ2) is 11.0. The first-order chi connectivity index (χ1) is 16.9. The summed E-state index contributed by atoms with van der Waals surface area (Å²) in [6.07, 6.45) is 0.660. The number of hydrogen-bond donors (Lipinski definition) is 1. The molecule has 8 heteroatoms. The Morgan fingerprint density at radius 2 is 1.83 bits per heavy atom. The van der Waals surface area contributed by atoms with Gasteiger partial charge in [-0.05, 0) is 61.7 Å². The van der Waals surface area contributed by atoms with Gasteiger partial charge in [0.25, 0.3) is 11.7 Å². The van der Waals surface area contributed by atoms with Crippen molar-refractivity contribution in [2.24, 2.45) is 0 Å². The number of likely N-dealkylation sites (tertiary alicyclic amines) is 1. The number of benzene rings is 2. The van der Waals surface area contributed by atoms with Crippen LogP contribution >= 0.6 is 0 Å². The molecule has 0 aromatic heterocycles. The third-order valence-electron chi connectivity index (χ3n) is 6.45. The van der Waals surface area contributed by atoms with Crippen LogP contribution in [-0.2, 0) is 14.3 Å². The Labute approximate surface area is 204 Å². The minimum absolute atomic E-state index is 0.0107. The van der Waals surface area contributed by atoms with E-state index in [-0.39, 0.29) is 11.3 Å². The van der Waals surface area contributed by atoms with Crippen molar-refractivity contribution in [2.45, 2.75) is 26.3 Å². The SMILES string of the molecule is CCOc1ccc(C(O)=C2C(=O)C(=O)N(CCCN3CCOCC3)C2c2ccc(F)cc2)cc1C. The molecule has 7 nitrogen and oxygen atoms in total. The zero-order valence-corrected chi connectivity index (χ0v) is 20.1. The van der Waals surface area contributed by atoms with Gasteiger partial charge in [-0.25, -0.2) is 4.39 Å². The van der Waals surface area contributed by atoms with Gasteiger partial charge in [0.1, 0.15) is 17.3 Å². The van der Waals surface area contributed by atoms with E-state index in [1.54, 1.807) is 30.3 Å².